The lowest BCUT2D eigenvalue weighted by atomic mass is 9.93. The van der Waals surface area contributed by atoms with Gasteiger partial charge in [-0.1, -0.05) is 37.6 Å². The zero-order valence-electron chi connectivity index (χ0n) is 29.0. The summed E-state index contributed by atoms with van der Waals surface area (Å²) >= 11 is 6.02. The first-order chi connectivity index (χ1) is 25.8. The van der Waals surface area contributed by atoms with Crippen LogP contribution in [0.1, 0.15) is 42.6 Å². The lowest BCUT2D eigenvalue weighted by molar-refractivity contribution is -0.274. The van der Waals surface area contributed by atoms with Crippen LogP contribution in [0.25, 0.3) is 0 Å². The van der Waals surface area contributed by atoms with E-state index < -0.39 is 59.6 Å². The number of hydrogen-bond acceptors (Lipinski definition) is 10. The Morgan fingerprint density at radius 2 is 1.36 bits per heavy atom. The van der Waals surface area contributed by atoms with Crippen LogP contribution in [-0.2, 0) is 15.1 Å². The number of carbonyl (C=O) groups excluding carboxylic acids is 3. The number of amides is 3. The number of halogens is 7. The number of rotatable bonds is 14. The fourth-order valence-corrected chi connectivity index (χ4v) is 5.04. The van der Waals surface area contributed by atoms with Gasteiger partial charge in [0.15, 0.2) is 6.61 Å². The monoisotopic (exact) mass is 794 g/mol. The molecule has 0 radical (unpaired) electrons. The quantitative estimate of drug-likeness (QED) is 0.0683. The van der Waals surface area contributed by atoms with Crippen molar-refractivity contribution < 1.29 is 50.2 Å². The van der Waals surface area contributed by atoms with Crippen molar-refractivity contribution in [2.75, 3.05) is 35.6 Å². The van der Waals surface area contributed by atoms with Gasteiger partial charge in [-0.3, -0.25) is 14.4 Å². The summed E-state index contributed by atoms with van der Waals surface area (Å²) in [4.78, 5) is 49.9. The van der Waals surface area contributed by atoms with Gasteiger partial charge < -0.3 is 36.1 Å². The van der Waals surface area contributed by atoms with Crippen molar-refractivity contribution in [3.63, 3.8) is 0 Å². The smallest absolute Gasteiger partial charge is 0.454 e. The van der Waals surface area contributed by atoms with E-state index in [1.54, 1.807) is 26.0 Å². The van der Waals surface area contributed by atoms with Crippen LogP contribution in [0.3, 0.4) is 0 Å². The predicted octanol–water partition coefficient (Wildman–Crippen LogP) is 6.72. The Labute approximate surface area is 314 Å². The van der Waals surface area contributed by atoms with Crippen LogP contribution in [0.5, 0.6) is 11.8 Å². The van der Waals surface area contributed by atoms with Gasteiger partial charge in [-0.15, -0.1) is 13.2 Å². The Kier molecular flexibility index (Phi) is 11.9. The molecule has 3 amide bonds. The van der Waals surface area contributed by atoms with Crippen molar-refractivity contribution >= 4 is 52.6 Å². The predicted molar refractivity (Wildman–Crippen MR) is 188 cm³/mol. The minimum Gasteiger partial charge on any atom is -0.454 e. The molecule has 0 spiro atoms. The molecule has 0 aliphatic heterocycles. The largest absolute Gasteiger partial charge is 0.573 e. The van der Waals surface area contributed by atoms with E-state index >= 15 is 0 Å². The van der Waals surface area contributed by atoms with Crippen molar-refractivity contribution in [3.05, 3.63) is 88.9 Å². The average Bonchev–Trinajstić information content (AvgIpc) is 3.89. The molecule has 0 atom stereocenters. The van der Waals surface area contributed by atoms with Gasteiger partial charge in [-0.25, -0.2) is 0 Å². The molecular formula is C35H33ClF6N8O5. The topological polar surface area (TPSA) is 168 Å². The van der Waals surface area contributed by atoms with Crippen LogP contribution in [0.15, 0.2) is 72.8 Å². The van der Waals surface area contributed by atoms with Crippen molar-refractivity contribution in [2.45, 2.75) is 44.8 Å². The number of benzene rings is 3. The maximum atomic E-state index is 12.9. The number of alkyl halides is 6. The van der Waals surface area contributed by atoms with Crippen LogP contribution in [0.4, 0.5) is 49.6 Å². The van der Waals surface area contributed by atoms with Gasteiger partial charge in [0.2, 0.25) is 11.9 Å². The third-order valence-electron chi connectivity index (χ3n) is 7.89. The zero-order chi connectivity index (χ0) is 40.0. The summed E-state index contributed by atoms with van der Waals surface area (Å²) < 4.78 is 84.4. The molecule has 1 aliphatic rings. The number of nitrogens with one attached hydrogen (secondary N) is 5. The Balaban J connectivity index is 1.14. The number of anilines is 4. The lowest BCUT2D eigenvalue weighted by Gasteiger charge is -2.25. The molecule has 1 aromatic heterocycles. The Morgan fingerprint density at radius 3 is 1.96 bits per heavy atom. The van der Waals surface area contributed by atoms with E-state index in [1.165, 1.54) is 24.3 Å². The van der Waals surface area contributed by atoms with E-state index in [0.717, 1.165) is 29.8 Å². The van der Waals surface area contributed by atoms with E-state index in [4.69, 9.17) is 16.3 Å². The second kappa shape index (κ2) is 16.3. The normalized spacial score (nSPS) is 13.6. The van der Waals surface area contributed by atoms with E-state index in [-0.39, 0.29) is 36.2 Å². The highest BCUT2D eigenvalue weighted by molar-refractivity contribution is 6.39. The summed E-state index contributed by atoms with van der Waals surface area (Å²) in [5, 5.41) is 14.1. The molecule has 4 aromatic rings. The third-order valence-corrected chi connectivity index (χ3v) is 8.14. The fraction of sp³-hybridized carbons (Fsp3) is 0.314. The summed E-state index contributed by atoms with van der Waals surface area (Å²) in [5.74, 6) is -3.17. The first-order valence-electron chi connectivity index (χ1n) is 16.4. The molecule has 1 heterocycles. The SMILES string of the molecule is CC(C)(CNC(=O)C(=O)Nc1ccc(OC(F)(F)F)cc1)CNC(=O)c1ccc(Nc2nc(NC3(c4ccc(Cl)cc4)CC3)nc(OCC(F)(F)F)n2)cc1. The number of ether oxygens (including phenoxy) is 2. The second-order valence-electron chi connectivity index (χ2n) is 13.1. The fourth-order valence-electron chi connectivity index (χ4n) is 4.92. The molecule has 3 aromatic carbocycles. The molecule has 0 unspecified atom stereocenters. The van der Waals surface area contributed by atoms with Crippen molar-refractivity contribution in [2.24, 2.45) is 5.41 Å². The Hall–Kier alpha value is -5.85. The van der Waals surface area contributed by atoms with Crippen LogP contribution >= 0.6 is 11.6 Å². The average molecular weight is 795 g/mol. The number of aromatic nitrogens is 3. The molecule has 292 valence electrons. The lowest BCUT2D eigenvalue weighted by Crippen LogP contribution is -2.44. The van der Waals surface area contributed by atoms with E-state index in [0.29, 0.717) is 23.6 Å². The first kappa shape index (κ1) is 40.3. The molecule has 5 N–H and O–H groups in total. The van der Waals surface area contributed by atoms with Gasteiger partial charge in [0, 0.05) is 35.1 Å². The second-order valence-corrected chi connectivity index (χ2v) is 13.6. The standard InChI is InChI=1S/C35H33ClF6N8O5/c1-32(2,18-44-27(52)28(53)45-23-11-13-25(14-12-23)55-35(40,41)42)17-43-26(51)20-3-9-24(10-4-20)46-29-47-30(49-31(48-29)54-19-34(37,38)39)50-33(15-16-33)21-5-7-22(36)8-6-21/h3-14H,15-19H2,1-2H3,(H,43,51)(H,44,52)(H,45,53)(H2,46,47,48,49,50). The molecule has 5 rings (SSSR count). The van der Waals surface area contributed by atoms with E-state index in [2.05, 4.69) is 46.3 Å². The minimum absolute atomic E-state index is 0.0225. The van der Waals surface area contributed by atoms with Crippen molar-refractivity contribution in [1.29, 1.82) is 0 Å². The highest BCUT2D eigenvalue weighted by Gasteiger charge is 2.45. The molecule has 13 nitrogen and oxygen atoms in total. The van der Waals surface area contributed by atoms with Crippen molar-refractivity contribution in [3.8, 4) is 11.8 Å². The summed E-state index contributed by atoms with van der Waals surface area (Å²) in [7, 11) is 0. The highest BCUT2D eigenvalue weighted by Crippen LogP contribution is 2.48. The summed E-state index contributed by atoms with van der Waals surface area (Å²) in [6.07, 6.45) is -8.09. The van der Waals surface area contributed by atoms with Crippen molar-refractivity contribution in [1.82, 2.24) is 25.6 Å². The van der Waals surface area contributed by atoms with Gasteiger partial charge in [0.25, 0.3) is 5.91 Å². The number of nitrogens with zero attached hydrogens (tertiary/aromatic N) is 3. The molecular weight excluding hydrogens is 762 g/mol. The van der Waals surface area contributed by atoms with Crippen LogP contribution in [-0.4, -0.2) is 64.9 Å². The van der Waals surface area contributed by atoms with Gasteiger partial charge in [0.1, 0.15) is 5.75 Å². The number of carbonyl (C=O) groups is 3. The van der Waals surface area contributed by atoms with Gasteiger partial charge in [0.05, 0.1) is 5.54 Å². The first-order valence-corrected chi connectivity index (χ1v) is 16.7. The minimum atomic E-state index is -4.88. The molecule has 55 heavy (non-hydrogen) atoms. The maximum Gasteiger partial charge on any atom is 0.573 e. The molecule has 1 saturated carbocycles. The van der Waals surface area contributed by atoms with Gasteiger partial charge in [-0.2, -0.15) is 28.1 Å². The van der Waals surface area contributed by atoms with E-state index in [1.807, 2.05) is 12.1 Å². The maximum absolute atomic E-state index is 12.9. The highest BCUT2D eigenvalue weighted by atomic mass is 35.5. The van der Waals surface area contributed by atoms with Crippen LogP contribution in [0, 0.1) is 5.41 Å². The molecule has 1 aliphatic carbocycles. The Morgan fingerprint density at radius 1 is 0.764 bits per heavy atom. The van der Waals surface area contributed by atoms with E-state index in [9.17, 15) is 40.7 Å². The zero-order valence-corrected chi connectivity index (χ0v) is 29.7. The molecule has 1 fully saturated rings. The van der Waals surface area contributed by atoms with Crippen LogP contribution < -0.4 is 36.1 Å². The number of hydrogen-bond donors (Lipinski definition) is 5. The Bertz CT molecular complexity index is 1990. The van der Waals surface area contributed by atoms with Gasteiger partial charge >= 0.3 is 30.4 Å². The summed E-state index contributed by atoms with van der Waals surface area (Å²) in [6.45, 7) is 1.88. The molecule has 0 saturated heterocycles. The summed E-state index contributed by atoms with van der Waals surface area (Å²) in [6, 6.07) is 16.8. The van der Waals surface area contributed by atoms with Crippen LogP contribution in [0.2, 0.25) is 5.02 Å². The molecule has 20 heteroatoms. The third kappa shape index (κ3) is 12.3. The summed E-state index contributed by atoms with van der Waals surface area (Å²) in [5.41, 5.74) is 0.317. The van der Waals surface area contributed by atoms with Gasteiger partial charge in [-0.05, 0) is 84.5 Å². The molecule has 0 bridgehead atoms.